The number of nitrogens with zero attached hydrogens (tertiary/aromatic N) is 1. The predicted octanol–water partition coefficient (Wildman–Crippen LogP) is 1.54. The van der Waals surface area contributed by atoms with Crippen LogP contribution in [0.3, 0.4) is 0 Å². The summed E-state index contributed by atoms with van der Waals surface area (Å²) < 4.78 is 5.16. The molecular formula is C11H16N2O3. The standard InChI is InChI=1S/C11H16N2O3/c1-3-16-5-4-12-10-7-9(11(14)15)6-8(2)13-10/h6-7H,3-5H2,1-2H3,(H,12,13)(H,14,15). The van der Waals surface area contributed by atoms with Crippen LogP contribution in [0.15, 0.2) is 12.1 Å². The van der Waals surface area contributed by atoms with Gasteiger partial charge in [0.2, 0.25) is 0 Å². The fourth-order valence-corrected chi connectivity index (χ4v) is 1.28. The number of nitrogens with one attached hydrogen (secondary N) is 1. The largest absolute Gasteiger partial charge is 0.478 e. The average Bonchev–Trinajstić information content (AvgIpc) is 2.23. The lowest BCUT2D eigenvalue weighted by atomic mass is 10.2. The molecule has 0 fully saturated rings. The van der Waals surface area contributed by atoms with Gasteiger partial charge in [-0.2, -0.15) is 0 Å². The first-order valence-electron chi connectivity index (χ1n) is 5.17. The maximum atomic E-state index is 10.8. The first-order chi connectivity index (χ1) is 7.63. The molecule has 0 aliphatic heterocycles. The summed E-state index contributed by atoms with van der Waals surface area (Å²) in [6, 6.07) is 3.05. The Balaban J connectivity index is 2.62. The lowest BCUT2D eigenvalue weighted by Crippen LogP contribution is -2.11. The van der Waals surface area contributed by atoms with Gasteiger partial charge < -0.3 is 15.2 Å². The van der Waals surface area contributed by atoms with Gasteiger partial charge in [0.05, 0.1) is 12.2 Å². The van der Waals surface area contributed by atoms with E-state index in [4.69, 9.17) is 9.84 Å². The van der Waals surface area contributed by atoms with Crippen LogP contribution in [0.2, 0.25) is 0 Å². The summed E-state index contributed by atoms with van der Waals surface area (Å²) in [5, 5.41) is 11.9. The van der Waals surface area contributed by atoms with E-state index in [-0.39, 0.29) is 5.56 Å². The third-order valence-corrected chi connectivity index (χ3v) is 1.96. The molecule has 5 nitrogen and oxygen atoms in total. The van der Waals surface area contributed by atoms with E-state index >= 15 is 0 Å². The van der Waals surface area contributed by atoms with Gasteiger partial charge in [-0.25, -0.2) is 9.78 Å². The number of pyridine rings is 1. The van der Waals surface area contributed by atoms with Crippen molar-refractivity contribution >= 4 is 11.8 Å². The summed E-state index contributed by atoms with van der Waals surface area (Å²) in [7, 11) is 0. The van der Waals surface area contributed by atoms with E-state index in [2.05, 4.69) is 10.3 Å². The van der Waals surface area contributed by atoms with Crippen LogP contribution in [0.1, 0.15) is 23.0 Å². The van der Waals surface area contributed by atoms with Crippen LogP contribution in [0.4, 0.5) is 5.82 Å². The number of carboxylic acids is 1. The van der Waals surface area contributed by atoms with Crippen LogP contribution in [0.25, 0.3) is 0 Å². The van der Waals surface area contributed by atoms with Crippen LogP contribution in [-0.4, -0.2) is 35.8 Å². The van der Waals surface area contributed by atoms with Crippen molar-refractivity contribution in [3.05, 3.63) is 23.4 Å². The second-order valence-electron chi connectivity index (χ2n) is 3.31. The first-order valence-corrected chi connectivity index (χ1v) is 5.17. The Bertz CT molecular complexity index is 366. The van der Waals surface area contributed by atoms with E-state index in [9.17, 15) is 4.79 Å². The zero-order chi connectivity index (χ0) is 12.0. The molecule has 88 valence electrons. The lowest BCUT2D eigenvalue weighted by molar-refractivity contribution is 0.0696. The number of hydrogen-bond acceptors (Lipinski definition) is 4. The van der Waals surface area contributed by atoms with Gasteiger partial charge in [-0.15, -0.1) is 0 Å². The Morgan fingerprint density at radius 1 is 1.56 bits per heavy atom. The maximum absolute atomic E-state index is 10.8. The van der Waals surface area contributed by atoms with E-state index in [0.717, 1.165) is 0 Å². The molecule has 0 saturated heterocycles. The molecule has 0 amide bonds. The molecule has 5 heteroatoms. The van der Waals surface area contributed by atoms with Gasteiger partial charge in [0.1, 0.15) is 5.82 Å². The number of aryl methyl sites for hydroxylation is 1. The molecule has 0 aliphatic rings. The van der Waals surface area contributed by atoms with Crippen molar-refractivity contribution < 1.29 is 14.6 Å². The third kappa shape index (κ3) is 3.86. The van der Waals surface area contributed by atoms with Crippen molar-refractivity contribution in [1.29, 1.82) is 0 Å². The average molecular weight is 224 g/mol. The second-order valence-corrected chi connectivity index (χ2v) is 3.31. The molecule has 1 heterocycles. The fraction of sp³-hybridized carbons (Fsp3) is 0.455. The van der Waals surface area contributed by atoms with Crippen molar-refractivity contribution in [2.75, 3.05) is 25.1 Å². The smallest absolute Gasteiger partial charge is 0.335 e. The van der Waals surface area contributed by atoms with Gasteiger partial charge in [-0.1, -0.05) is 0 Å². The van der Waals surface area contributed by atoms with Crippen molar-refractivity contribution in [2.45, 2.75) is 13.8 Å². The summed E-state index contributed by atoms with van der Waals surface area (Å²) in [5.41, 5.74) is 0.921. The summed E-state index contributed by atoms with van der Waals surface area (Å²) in [6.07, 6.45) is 0. The molecular weight excluding hydrogens is 208 g/mol. The number of aromatic nitrogens is 1. The lowest BCUT2D eigenvalue weighted by Gasteiger charge is -2.07. The molecule has 0 atom stereocenters. The summed E-state index contributed by atoms with van der Waals surface area (Å²) in [4.78, 5) is 15.0. The number of carboxylic acid groups (broad SMARTS) is 1. The van der Waals surface area contributed by atoms with Gasteiger partial charge in [-0.3, -0.25) is 0 Å². The zero-order valence-electron chi connectivity index (χ0n) is 9.49. The minimum Gasteiger partial charge on any atom is -0.478 e. The molecule has 0 spiro atoms. The molecule has 0 unspecified atom stereocenters. The molecule has 16 heavy (non-hydrogen) atoms. The number of carbonyl (C=O) groups is 1. The van der Waals surface area contributed by atoms with Crippen LogP contribution in [-0.2, 0) is 4.74 Å². The number of ether oxygens (including phenoxy) is 1. The number of rotatable bonds is 6. The maximum Gasteiger partial charge on any atom is 0.335 e. The second kappa shape index (κ2) is 6.07. The summed E-state index contributed by atoms with van der Waals surface area (Å²) in [6.45, 7) is 5.55. The molecule has 2 N–H and O–H groups in total. The van der Waals surface area contributed by atoms with Gasteiger partial charge in [0, 0.05) is 18.8 Å². The van der Waals surface area contributed by atoms with E-state index in [1.807, 2.05) is 6.92 Å². The Labute approximate surface area is 94.5 Å². The van der Waals surface area contributed by atoms with Gasteiger partial charge in [0.15, 0.2) is 0 Å². The highest BCUT2D eigenvalue weighted by Crippen LogP contribution is 2.09. The number of anilines is 1. The molecule has 0 aliphatic carbocycles. The molecule has 0 saturated carbocycles. The Morgan fingerprint density at radius 2 is 2.31 bits per heavy atom. The van der Waals surface area contributed by atoms with Gasteiger partial charge in [0.25, 0.3) is 0 Å². The summed E-state index contributed by atoms with van der Waals surface area (Å²) >= 11 is 0. The number of aromatic carboxylic acids is 1. The van der Waals surface area contributed by atoms with E-state index in [1.54, 1.807) is 6.92 Å². The number of hydrogen-bond donors (Lipinski definition) is 2. The van der Waals surface area contributed by atoms with Crippen LogP contribution < -0.4 is 5.32 Å². The van der Waals surface area contributed by atoms with E-state index in [0.29, 0.717) is 31.3 Å². The Morgan fingerprint density at radius 3 is 2.94 bits per heavy atom. The minimum absolute atomic E-state index is 0.242. The van der Waals surface area contributed by atoms with Crippen LogP contribution in [0.5, 0.6) is 0 Å². The SMILES string of the molecule is CCOCCNc1cc(C(=O)O)cc(C)n1. The highest BCUT2D eigenvalue weighted by Gasteiger charge is 2.05. The highest BCUT2D eigenvalue weighted by atomic mass is 16.5. The fourth-order valence-electron chi connectivity index (χ4n) is 1.28. The molecule has 0 aromatic carbocycles. The molecule has 1 rings (SSSR count). The zero-order valence-corrected chi connectivity index (χ0v) is 9.49. The first kappa shape index (κ1) is 12.4. The molecule has 1 aromatic heterocycles. The molecule has 0 radical (unpaired) electrons. The van der Waals surface area contributed by atoms with Crippen molar-refractivity contribution in [2.24, 2.45) is 0 Å². The van der Waals surface area contributed by atoms with Crippen LogP contribution in [0, 0.1) is 6.92 Å². The van der Waals surface area contributed by atoms with E-state index < -0.39 is 5.97 Å². The topological polar surface area (TPSA) is 71.5 Å². The van der Waals surface area contributed by atoms with Gasteiger partial charge >= 0.3 is 5.97 Å². The Kier molecular flexibility index (Phi) is 4.72. The van der Waals surface area contributed by atoms with Crippen LogP contribution >= 0.6 is 0 Å². The van der Waals surface area contributed by atoms with Crippen molar-refractivity contribution in [1.82, 2.24) is 4.98 Å². The van der Waals surface area contributed by atoms with Crippen molar-refractivity contribution in [3.63, 3.8) is 0 Å². The van der Waals surface area contributed by atoms with Crippen molar-refractivity contribution in [3.8, 4) is 0 Å². The Hall–Kier alpha value is -1.62. The monoisotopic (exact) mass is 224 g/mol. The minimum atomic E-state index is -0.946. The third-order valence-electron chi connectivity index (χ3n) is 1.96. The highest BCUT2D eigenvalue weighted by molar-refractivity contribution is 5.88. The predicted molar refractivity (Wildman–Crippen MR) is 60.9 cm³/mol. The van der Waals surface area contributed by atoms with E-state index in [1.165, 1.54) is 12.1 Å². The molecule has 0 bridgehead atoms. The quantitative estimate of drug-likeness (QED) is 0.717. The van der Waals surface area contributed by atoms with Gasteiger partial charge in [-0.05, 0) is 26.0 Å². The summed E-state index contributed by atoms with van der Waals surface area (Å²) in [5.74, 6) is -0.379. The normalized spacial score (nSPS) is 10.1. The molecule has 1 aromatic rings.